The number of rotatable bonds is 5. The Balaban J connectivity index is 1.67. The van der Waals surface area contributed by atoms with Crippen LogP contribution in [0.1, 0.15) is 21.9 Å². The van der Waals surface area contributed by atoms with E-state index in [4.69, 9.17) is 9.47 Å². The maximum atomic E-state index is 12.5. The number of carbonyl (C=O) groups is 1. The molecule has 3 rings (SSSR count). The third kappa shape index (κ3) is 4.45. The number of amides is 1. The molecule has 132 valence electrons. The summed E-state index contributed by atoms with van der Waals surface area (Å²) in [6.45, 7) is 5.10. The molecule has 1 saturated heterocycles. The zero-order chi connectivity index (χ0) is 17.6. The lowest BCUT2D eigenvalue weighted by atomic mass is 10.2. The fourth-order valence-corrected chi connectivity index (χ4v) is 2.64. The third-order valence-corrected chi connectivity index (χ3v) is 4.00. The number of methoxy groups -OCH3 is 1. The van der Waals surface area contributed by atoms with Crippen molar-refractivity contribution in [2.24, 2.45) is 0 Å². The van der Waals surface area contributed by atoms with Gasteiger partial charge in [-0.3, -0.25) is 4.79 Å². The second-order valence-electron chi connectivity index (χ2n) is 5.79. The number of anilines is 1. The molecule has 0 unspecified atom stereocenters. The van der Waals surface area contributed by atoms with Gasteiger partial charge in [-0.05, 0) is 24.6 Å². The fourth-order valence-electron chi connectivity index (χ4n) is 2.64. The van der Waals surface area contributed by atoms with Crippen LogP contribution in [0.2, 0.25) is 0 Å². The number of nitrogens with one attached hydrogen (secondary N) is 1. The predicted molar refractivity (Wildman–Crippen MR) is 94.0 cm³/mol. The van der Waals surface area contributed by atoms with Gasteiger partial charge in [-0.25, -0.2) is 9.97 Å². The largest absolute Gasteiger partial charge is 0.497 e. The van der Waals surface area contributed by atoms with Crippen molar-refractivity contribution in [3.63, 3.8) is 0 Å². The Kier molecular flexibility index (Phi) is 5.45. The van der Waals surface area contributed by atoms with E-state index in [1.807, 2.05) is 24.3 Å². The molecule has 0 aliphatic carbocycles. The van der Waals surface area contributed by atoms with Gasteiger partial charge in [0.2, 0.25) is 0 Å². The van der Waals surface area contributed by atoms with Gasteiger partial charge in [-0.2, -0.15) is 0 Å². The van der Waals surface area contributed by atoms with Crippen LogP contribution < -0.4 is 15.0 Å². The van der Waals surface area contributed by atoms with E-state index in [1.165, 1.54) is 0 Å². The minimum atomic E-state index is -0.212. The molecule has 1 aromatic carbocycles. The van der Waals surface area contributed by atoms with Crippen LogP contribution in [0.4, 0.5) is 5.82 Å². The molecule has 1 aliphatic rings. The van der Waals surface area contributed by atoms with Crippen LogP contribution in [0.5, 0.6) is 5.75 Å². The van der Waals surface area contributed by atoms with Crippen molar-refractivity contribution >= 4 is 11.7 Å². The summed E-state index contributed by atoms with van der Waals surface area (Å²) >= 11 is 0. The molecule has 0 atom stereocenters. The van der Waals surface area contributed by atoms with Gasteiger partial charge >= 0.3 is 0 Å². The number of hydrogen-bond acceptors (Lipinski definition) is 6. The normalized spacial score (nSPS) is 14.2. The van der Waals surface area contributed by atoms with E-state index >= 15 is 0 Å². The van der Waals surface area contributed by atoms with E-state index in [-0.39, 0.29) is 5.91 Å². The zero-order valence-corrected chi connectivity index (χ0v) is 14.5. The molecule has 1 aliphatic heterocycles. The van der Waals surface area contributed by atoms with E-state index in [0.29, 0.717) is 31.3 Å². The second-order valence-corrected chi connectivity index (χ2v) is 5.79. The van der Waals surface area contributed by atoms with Gasteiger partial charge in [0, 0.05) is 25.7 Å². The highest BCUT2D eigenvalue weighted by Crippen LogP contribution is 2.15. The molecule has 1 amide bonds. The van der Waals surface area contributed by atoms with E-state index in [9.17, 15) is 4.79 Å². The van der Waals surface area contributed by atoms with Crippen molar-refractivity contribution in [2.45, 2.75) is 13.5 Å². The molecular formula is C18H22N4O3. The first kappa shape index (κ1) is 17.2. The van der Waals surface area contributed by atoms with Crippen molar-refractivity contribution in [3.05, 3.63) is 47.4 Å². The standard InChI is InChI=1S/C18H22N4O3/c1-13-20-16(11-17(21-13)22-7-9-25-10-8-22)18(23)19-12-14-3-5-15(24-2)6-4-14/h3-6,11H,7-10,12H2,1-2H3,(H,19,23). The average Bonchev–Trinajstić information content (AvgIpc) is 2.66. The molecule has 0 bridgehead atoms. The van der Waals surface area contributed by atoms with Crippen LogP contribution in [0, 0.1) is 6.92 Å². The molecule has 0 spiro atoms. The third-order valence-electron chi connectivity index (χ3n) is 4.00. The molecule has 7 heteroatoms. The molecule has 1 fully saturated rings. The summed E-state index contributed by atoms with van der Waals surface area (Å²) < 4.78 is 10.5. The highest BCUT2D eigenvalue weighted by atomic mass is 16.5. The van der Waals surface area contributed by atoms with Crippen LogP contribution in [0.25, 0.3) is 0 Å². The van der Waals surface area contributed by atoms with Gasteiger partial charge in [-0.15, -0.1) is 0 Å². The van der Waals surface area contributed by atoms with Gasteiger partial charge in [0.15, 0.2) is 0 Å². The maximum Gasteiger partial charge on any atom is 0.270 e. The molecule has 0 radical (unpaired) electrons. The highest BCUT2D eigenvalue weighted by Gasteiger charge is 2.16. The van der Waals surface area contributed by atoms with E-state index < -0.39 is 0 Å². The van der Waals surface area contributed by atoms with Crippen LogP contribution in [-0.2, 0) is 11.3 Å². The van der Waals surface area contributed by atoms with Crippen LogP contribution >= 0.6 is 0 Å². The number of aryl methyl sites for hydroxylation is 1. The average molecular weight is 342 g/mol. The van der Waals surface area contributed by atoms with Gasteiger partial charge in [0.1, 0.15) is 23.1 Å². The van der Waals surface area contributed by atoms with E-state index in [1.54, 1.807) is 20.1 Å². The lowest BCUT2D eigenvalue weighted by molar-refractivity contribution is 0.0945. The fraction of sp³-hybridized carbons (Fsp3) is 0.389. The Morgan fingerprint density at radius 1 is 1.24 bits per heavy atom. The topological polar surface area (TPSA) is 76.6 Å². The number of carbonyl (C=O) groups excluding carboxylic acids is 1. The van der Waals surface area contributed by atoms with Gasteiger partial charge in [0.25, 0.3) is 5.91 Å². The summed E-state index contributed by atoms with van der Waals surface area (Å²) in [5.74, 6) is 1.93. The first-order chi connectivity index (χ1) is 12.2. The molecule has 7 nitrogen and oxygen atoms in total. The zero-order valence-electron chi connectivity index (χ0n) is 14.5. The summed E-state index contributed by atoms with van der Waals surface area (Å²) in [4.78, 5) is 23.3. The summed E-state index contributed by atoms with van der Waals surface area (Å²) in [5.41, 5.74) is 1.37. The van der Waals surface area contributed by atoms with Crippen LogP contribution in [-0.4, -0.2) is 49.3 Å². The highest BCUT2D eigenvalue weighted by molar-refractivity contribution is 5.92. The van der Waals surface area contributed by atoms with Crippen molar-refractivity contribution in [3.8, 4) is 5.75 Å². The lowest BCUT2D eigenvalue weighted by Gasteiger charge is -2.28. The van der Waals surface area contributed by atoms with Crippen LogP contribution in [0.3, 0.4) is 0 Å². The number of morpholine rings is 1. The second kappa shape index (κ2) is 7.94. The summed E-state index contributed by atoms with van der Waals surface area (Å²) in [7, 11) is 1.63. The minimum absolute atomic E-state index is 0.212. The monoisotopic (exact) mass is 342 g/mol. The van der Waals surface area contributed by atoms with Crippen molar-refractivity contribution in [1.29, 1.82) is 0 Å². The SMILES string of the molecule is COc1ccc(CNC(=O)c2cc(N3CCOCC3)nc(C)n2)cc1. The molecule has 2 heterocycles. The molecule has 1 aromatic heterocycles. The minimum Gasteiger partial charge on any atom is -0.497 e. The first-order valence-electron chi connectivity index (χ1n) is 8.25. The molecule has 2 aromatic rings. The number of benzene rings is 1. The number of aromatic nitrogens is 2. The Bertz CT molecular complexity index is 728. The Labute approximate surface area is 147 Å². The number of nitrogens with zero attached hydrogens (tertiary/aromatic N) is 3. The summed E-state index contributed by atoms with van der Waals surface area (Å²) in [6, 6.07) is 9.31. The van der Waals surface area contributed by atoms with Gasteiger partial charge < -0.3 is 19.7 Å². The van der Waals surface area contributed by atoms with E-state index in [2.05, 4.69) is 20.2 Å². The summed E-state index contributed by atoms with van der Waals surface area (Å²) in [5, 5.41) is 2.90. The Hall–Kier alpha value is -2.67. The number of ether oxygens (including phenoxy) is 2. The quantitative estimate of drug-likeness (QED) is 0.889. The van der Waals surface area contributed by atoms with Crippen molar-refractivity contribution < 1.29 is 14.3 Å². The van der Waals surface area contributed by atoms with Crippen molar-refractivity contribution in [1.82, 2.24) is 15.3 Å². The maximum absolute atomic E-state index is 12.5. The number of hydrogen-bond donors (Lipinski definition) is 1. The van der Waals surface area contributed by atoms with Crippen molar-refractivity contribution in [2.75, 3.05) is 38.3 Å². The molecule has 25 heavy (non-hydrogen) atoms. The van der Waals surface area contributed by atoms with E-state index in [0.717, 1.165) is 30.2 Å². The predicted octanol–water partition coefficient (Wildman–Crippen LogP) is 1.56. The smallest absolute Gasteiger partial charge is 0.270 e. The van der Waals surface area contributed by atoms with Crippen LogP contribution in [0.15, 0.2) is 30.3 Å². The molecule has 1 N–H and O–H groups in total. The summed E-state index contributed by atoms with van der Waals surface area (Å²) in [6.07, 6.45) is 0. The Morgan fingerprint density at radius 3 is 2.64 bits per heavy atom. The van der Waals surface area contributed by atoms with Gasteiger partial charge in [-0.1, -0.05) is 12.1 Å². The molecular weight excluding hydrogens is 320 g/mol. The lowest BCUT2D eigenvalue weighted by Crippen LogP contribution is -2.37. The van der Waals surface area contributed by atoms with Gasteiger partial charge in [0.05, 0.1) is 20.3 Å². The Morgan fingerprint density at radius 2 is 1.96 bits per heavy atom. The molecule has 0 saturated carbocycles. The first-order valence-corrected chi connectivity index (χ1v) is 8.25.